The fourth-order valence-electron chi connectivity index (χ4n) is 4.39. The topological polar surface area (TPSA) is 133 Å². The quantitative estimate of drug-likeness (QED) is 0.113. The lowest BCUT2D eigenvalue weighted by Crippen LogP contribution is -2.37. The van der Waals surface area contributed by atoms with Crippen molar-refractivity contribution >= 4 is 34.9 Å². The SMILES string of the molecule is NC(=NN=C(N=NCc1ccncc1)N=C(N)N(c1ccccc1)c1ccccc1)N(C1=CC=CCC1)c1ccccc1. The van der Waals surface area contributed by atoms with Crippen molar-refractivity contribution in [3.63, 3.8) is 0 Å². The zero-order chi connectivity index (χ0) is 29.7. The van der Waals surface area contributed by atoms with Gasteiger partial charge in [-0.2, -0.15) is 10.1 Å². The lowest BCUT2D eigenvalue weighted by Gasteiger charge is -2.26. The van der Waals surface area contributed by atoms with Gasteiger partial charge in [-0.25, -0.2) is 0 Å². The van der Waals surface area contributed by atoms with Crippen LogP contribution in [0.2, 0.25) is 0 Å². The van der Waals surface area contributed by atoms with E-state index < -0.39 is 0 Å². The van der Waals surface area contributed by atoms with Crippen molar-refractivity contribution < 1.29 is 0 Å². The van der Waals surface area contributed by atoms with Crippen LogP contribution in [-0.4, -0.2) is 22.9 Å². The van der Waals surface area contributed by atoms with E-state index in [1.807, 2.05) is 120 Å². The van der Waals surface area contributed by atoms with Gasteiger partial charge >= 0.3 is 0 Å². The molecule has 0 saturated carbocycles. The monoisotopic (exact) mass is 568 g/mol. The highest BCUT2D eigenvalue weighted by atomic mass is 15.4. The summed E-state index contributed by atoms with van der Waals surface area (Å²) in [6.07, 6.45) is 11.2. The molecule has 5 rings (SSSR count). The fraction of sp³-hybridized carbons (Fsp3) is 0.0909. The predicted octanol–water partition coefficient (Wildman–Crippen LogP) is 6.51. The van der Waals surface area contributed by atoms with Crippen LogP contribution in [0.25, 0.3) is 0 Å². The average molecular weight is 569 g/mol. The largest absolute Gasteiger partial charge is 0.369 e. The maximum Gasteiger partial charge on any atom is 0.290 e. The van der Waals surface area contributed by atoms with Crippen molar-refractivity contribution in [3.8, 4) is 0 Å². The molecular weight excluding hydrogens is 536 g/mol. The molecule has 0 unspecified atom stereocenters. The molecule has 0 aliphatic heterocycles. The van der Waals surface area contributed by atoms with Crippen molar-refractivity contribution in [2.45, 2.75) is 19.4 Å². The van der Waals surface area contributed by atoms with E-state index in [0.717, 1.165) is 41.2 Å². The maximum atomic E-state index is 6.62. The Balaban J connectivity index is 1.54. The van der Waals surface area contributed by atoms with Crippen LogP contribution in [-0.2, 0) is 6.54 Å². The first-order chi connectivity index (χ1) is 21.2. The molecule has 1 aromatic heterocycles. The molecule has 4 N–H and O–H groups in total. The number of rotatable bonds is 7. The minimum atomic E-state index is -0.0584. The van der Waals surface area contributed by atoms with Crippen molar-refractivity contribution in [1.29, 1.82) is 0 Å². The molecule has 43 heavy (non-hydrogen) atoms. The number of anilines is 3. The summed E-state index contributed by atoms with van der Waals surface area (Å²) in [5, 5.41) is 17.3. The predicted molar refractivity (Wildman–Crippen MR) is 174 cm³/mol. The first-order valence-electron chi connectivity index (χ1n) is 13.8. The number of nitrogens with zero attached hydrogens (tertiary/aromatic N) is 8. The number of pyridine rings is 1. The fourth-order valence-corrected chi connectivity index (χ4v) is 4.39. The lowest BCUT2D eigenvalue weighted by atomic mass is 10.1. The Bertz CT molecular complexity index is 1610. The number of aromatic nitrogens is 1. The van der Waals surface area contributed by atoms with Crippen LogP contribution in [0.1, 0.15) is 18.4 Å². The van der Waals surface area contributed by atoms with Gasteiger partial charge in [0.25, 0.3) is 5.96 Å². The van der Waals surface area contributed by atoms with E-state index in [0.29, 0.717) is 6.54 Å². The highest BCUT2D eigenvalue weighted by Crippen LogP contribution is 2.25. The molecule has 10 heteroatoms. The summed E-state index contributed by atoms with van der Waals surface area (Å²) in [5.41, 5.74) is 17.6. The van der Waals surface area contributed by atoms with Crippen LogP contribution in [0.5, 0.6) is 0 Å². The number of aliphatic imine (C=N–C) groups is 1. The molecule has 4 aromatic rings. The summed E-state index contributed by atoms with van der Waals surface area (Å²) >= 11 is 0. The van der Waals surface area contributed by atoms with Crippen LogP contribution in [0.3, 0.4) is 0 Å². The van der Waals surface area contributed by atoms with Gasteiger partial charge in [0.1, 0.15) is 0 Å². The molecule has 1 heterocycles. The van der Waals surface area contributed by atoms with Gasteiger partial charge in [-0.1, -0.05) is 66.7 Å². The van der Waals surface area contributed by atoms with E-state index >= 15 is 0 Å². The molecule has 10 nitrogen and oxygen atoms in total. The van der Waals surface area contributed by atoms with Crippen molar-refractivity contribution in [3.05, 3.63) is 145 Å². The van der Waals surface area contributed by atoms with E-state index in [9.17, 15) is 0 Å². The van der Waals surface area contributed by atoms with E-state index in [2.05, 4.69) is 36.5 Å². The lowest BCUT2D eigenvalue weighted by molar-refractivity contribution is 0.920. The summed E-state index contributed by atoms with van der Waals surface area (Å²) in [5.74, 6) is 0.232. The number of benzene rings is 3. The highest BCUT2D eigenvalue weighted by molar-refractivity contribution is 6.07. The molecule has 0 atom stereocenters. The molecule has 0 spiro atoms. The minimum Gasteiger partial charge on any atom is -0.369 e. The summed E-state index contributed by atoms with van der Waals surface area (Å²) in [7, 11) is 0. The standard InChI is InChI=1S/C33H32N10/c34-31(42(27-13-5-1-6-14-27)28-15-7-2-8-16-28)38-33(40-37-25-26-21-23-36-24-22-26)41-39-32(35)43(29-17-9-3-10-18-29)30-19-11-4-12-20-30/h1-11,13-19,21-24H,12,20,25H2,(H2,35,39)(H2,34,38,41). The third-order valence-electron chi connectivity index (χ3n) is 6.40. The minimum absolute atomic E-state index is 0.0584. The molecule has 1 aliphatic carbocycles. The third-order valence-corrected chi connectivity index (χ3v) is 6.40. The van der Waals surface area contributed by atoms with Crippen molar-refractivity contribution in [2.75, 3.05) is 9.80 Å². The summed E-state index contributed by atoms with van der Waals surface area (Å²) in [6, 6.07) is 32.9. The summed E-state index contributed by atoms with van der Waals surface area (Å²) in [6.45, 7) is 0.298. The molecule has 3 aromatic carbocycles. The second-order valence-electron chi connectivity index (χ2n) is 9.39. The Kier molecular flexibility index (Phi) is 9.75. The Morgan fingerprint density at radius 1 is 0.698 bits per heavy atom. The van der Waals surface area contributed by atoms with E-state index in [1.54, 1.807) is 17.3 Å². The molecule has 0 radical (unpaired) electrons. The van der Waals surface area contributed by atoms with Gasteiger partial charge in [-0.3, -0.25) is 14.8 Å². The van der Waals surface area contributed by atoms with Gasteiger partial charge in [-0.05, 0) is 73.0 Å². The van der Waals surface area contributed by atoms with E-state index in [4.69, 9.17) is 11.5 Å². The molecule has 1 aliphatic rings. The third kappa shape index (κ3) is 7.86. The van der Waals surface area contributed by atoms with Crippen LogP contribution in [0, 0.1) is 0 Å². The Morgan fingerprint density at radius 3 is 1.84 bits per heavy atom. The van der Waals surface area contributed by atoms with Gasteiger partial charge in [0, 0.05) is 35.2 Å². The van der Waals surface area contributed by atoms with Crippen LogP contribution >= 0.6 is 0 Å². The normalized spacial score (nSPS) is 14.0. The molecule has 0 amide bonds. The van der Waals surface area contributed by atoms with Gasteiger partial charge in [-0.15, -0.1) is 15.3 Å². The molecule has 0 fully saturated rings. The number of hydrogen-bond acceptors (Lipinski definition) is 4. The molecule has 214 valence electrons. The second-order valence-corrected chi connectivity index (χ2v) is 9.39. The van der Waals surface area contributed by atoms with E-state index in [1.165, 1.54) is 0 Å². The van der Waals surface area contributed by atoms with Crippen molar-refractivity contribution in [2.24, 2.45) is 36.9 Å². The molecular formula is C33H32N10. The van der Waals surface area contributed by atoms with Crippen LogP contribution < -0.4 is 21.3 Å². The van der Waals surface area contributed by atoms with Gasteiger partial charge in [0.2, 0.25) is 11.9 Å². The summed E-state index contributed by atoms with van der Waals surface area (Å²) < 4.78 is 0. The summed E-state index contributed by atoms with van der Waals surface area (Å²) in [4.78, 5) is 12.3. The number of guanidine groups is 3. The van der Waals surface area contributed by atoms with Crippen LogP contribution in [0.15, 0.2) is 165 Å². The molecule has 0 bridgehead atoms. The smallest absolute Gasteiger partial charge is 0.290 e. The van der Waals surface area contributed by atoms with Gasteiger partial charge in [0.05, 0.1) is 6.54 Å². The van der Waals surface area contributed by atoms with Crippen molar-refractivity contribution in [1.82, 2.24) is 4.98 Å². The number of nitrogens with two attached hydrogens (primary N) is 2. The Morgan fingerprint density at radius 2 is 1.28 bits per heavy atom. The first kappa shape index (κ1) is 28.6. The number of allylic oxidation sites excluding steroid dienone is 4. The molecule has 0 saturated heterocycles. The zero-order valence-corrected chi connectivity index (χ0v) is 23.6. The zero-order valence-electron chi connectivity index (χ0n) is 23.6. The second kappa shape index (κ2) is 14.6. The Hall–Kier alpha value is -5.90. The van der Waals surface area contributed by atoms with Gasteiger partial charge < -0.3 is 11.5 Å². The number of azo groups is 1. The number of para-hydroxylation sites is 3. The van der Waals surface area contributed by atoms with Crippen LogP contribution in [0.4, 0.5) is 17.1 Å². The first-order valence-corrected chi connectivity index (χ1v) is 13.8. The number of hydrogen-bond donors (Lipinski definition) is 2. The van der Waals surface area contributed by atoms with Gasteiger partial charge in [0.15, 0.2) is 0 Å². The maximum absolute atomic E-state index is 6.62. The van der Waals surface area contributed by atoms with E-state index in [-0.39, 0.29) is 17.9 Å². The Labute approximate surface area is 250 Å². The average Bonchev–Trinajstić information content (AvgIpc) is 3.06. The highest BCUT2D eigenvalue weighted by Gasteiger charge is 2.18.